The van der Waals surface area contributed by atoms with Crippen molar-refractivity contribution in [3.05, 3.63) is 83.9 Å². The van der Waals surface area contributed by atoms with E-state index in [4.69, 9.17) is 4.52 Å². The minimum atomic E-state index is -0.424. The number of rotatable bonds is 5. The van der Waals surface area contributed by atoms with Crippen molar-refractivity contribution in [2.45, 2.75) is 20.3 Å². The number of carbonyl (C=O) groups excluding carboxylic acids is 2. The van der Waals surface area contributed by atoms with Crippen LogP contribution in [0.2, 0.25) is 0 Å². The molecule has 1 saturated heterocycles. The molecule has 3 aromatic carbocycles. The Bertz CT molecular complexity index is 1360. The van der Waals surface area contributed by atoms with Crippen LogP contribution < -0.4 is 10.2 Å². The lowest BCUT2D eigenvalue weighted by molar-refractivity contribution is -0.122. The Kier molecular flexibility index (Phi) is 5.67. The van der Waals surface area contributed by atoms with Gasteiger partial charge >= 0.3 is 0 Å². The van der Waals surface area contributed by atoms with Crippen molar-refractivity contribution in [1.82, 2.24) is 10.1 Å². The number of carbonyl (C=O) groups is 2. The molecule has 7 nitrogen and oxygen atoms in total. The van der Waals surface area contributed by atoms with Crippen LogP contribution in [-0.2, 0) is 9.59 Å². The second-order valence-electron chi connectivity index (χ2n) is 8.55. The number of aromatic nitrogens is 2. The van der Waals surface area contributed by atoms with Crippen molar-refractivity contribution in [1.29, 1.82) is 0 Å². The van der Waals surface area contributed by atoms with Crippen LogP contribution in [0.5, 0.6) is 0 Å². The molecule has 1 fully saturated rings. The minimum absolute atomic E-state index is 0.0438. The molecular weight excluding hydrogens is 428 g/mol. The summed E-state index contributed by atoms with van der Waals surface area (Å²) in [7, 11) is 0. The Morgan fingerprint density at radius 1 is 1.00 bits per heavy atom. The lowest BCUT2D eigenvalue weighted by atomic mass is 10.1. The average molecular weight is 453 g/mol. The van der Waals surface area contributed by atoms with Crippen LogP contribution in [-0.4, -0.2) is 28.5 Å². The molecule has 170 valence electrons. The van der Waals surface area contributed by atoms with E-state index in [9.17, 15) is 9.59 Å². The Morgan fingerprint density at radius 2 is 1.79 bits per heavy atom. The molecule has 0 aliphatic carbocycles. The number of hydrogen-bond donors (Lipinski definition) is 1. The molecule has 1 aliphatic rings. The highest BCUT2D eigenvalue weighted by molar-refractivity contribution is 6.04. The number of nitrogens with zero attached hydrogens (tertiary/aromatic N) is 3. The molecule has 7 heteroatoms. The molecule has 0 saturated carbocycles. The quantitative estimate of drug-likeness (QED) is 0.460. The molecule has 1 aromatic heterocycles. The van der Waals surface area contributed by atoms with E-state index in [1.54, 1.807) is 17.0 Å². The molecule has 2 heterocycles. The first kappa shape index (κ1) is 21.6. The summed E-state index contributed by atoms with van der Waals surface area (Å²) < 4.78 is 5.46. The topological polar surface area (TPSA) is 88.3 Å². The van der Waals surface area contributed by atoms with Crippen molar-refractivity contribution >= 4 is 23.2 Å². The van der Waals surface area contributed by atoms with Gasteiger partial charge in [-0.2, -0.15) is 4.98 Å². The normalized spacial score (nSPS) is 15.5. The summed E-state index contributed by atoms with van der Waals surface area (Å²) in [4.78, 5) is 31.7. The van der Waals surface area contributed by atoms with Crippen molar-refractivity contribution in [2.24, 2.45) is 5.92 Å². The summed E-state index contributed by atoms with van der Waals surface area (Å²) in [5.41, 5.74) is 5.20. The Morgan fingerprint density at radius 3 is 2.59 bits per heavy atom. The number of benzene rings is 3. The van der Waals surface area contributed by atoms with Crippen LogP contribution in [0, 0.1) is 19.8 Å². The van der Waals surface area contributed by atoms with Gasteiger partial charge in [-0.1, -0.05) is 59.3 Å². The summed E-state index contributed by atoms with van der Waals surface area (Å²) >= 11 is 0. The molecule has 0 unspecified atom stereocenters. The maximum absolute atomic E-state index is 12.9. The van der Waals surface area contributed by atoms with Crippen LogP contribution in [0.1, 0.15) is 17.5 Å². The van der Waals surface area contributed by atoms with Gasteiger partial charge in [-0.25, -0.2) is 0 Å². The van der Waals surface area contributed by atoms with Gasteiger partial charge in [0.15, 0.2) is 0 Å². The number of para-hydroxylation sites is 1. The van der Waals surface area contributed by atoms with Crippen LogP contribution in [0.15, 0.2) is 77.3 Å². The van der Waals surface area contributed by atoms with Crippen LogP contribution in [0.4, 0.5) is 11.4 Å². The summed E-state index contributed by atoms with van der Waals surface area (Å²) in [5, 5.41) is 7.02. The summed E-state index contributed by atoms with van der Waals surface area (Å²) in [6.45, 7) is 4.34. The monoisotopic (exact) mass is 452 g/mol. The zero-order valence-corrected chi connectivity index (χ0v) is 19.0. The molecule has 0 radical (unpaired) electrons. The number of aryl methyl sites for hydroxylation is 2. The standard InChI is InChI=1S/C27H24N4O3/c1-17-10-12-19(13-11-17)25-29-27(34-30-25)20-7-5-8-22(14-20)28-26(33)21-15-24(32)31(16-21)23-9-4-3-6-18(23)2/h3-14,21H,15-16H2,1-2H3,(H,28,33)/t21-/m1/s1. The van der Waals surface area contributed by atoms with Gasteiger partial charge in [0.05, 0.1) is 5.92 Å². The highest BCUT2D eigenvalue weighted by atomic mass is 16.5. The highest BCUT2D eigenvalue weighted by Gasteiger charge is 2.35. The van der Waals surface area contributed by atoms with Gasteiger partial charge in [0, 0.05) is 35.5 Å². The first-order valence-corrected chi connectivity index (χ1v) is 11.2. The van der Waals surface area contributed by atoms with Crippen molar-refractivity contribution in [2.75, 3.05) is 16.8 Å². The van der Waals surface area contributed by atoms with Gasteiger partial charge in [-0.3, -0.25) is 9.59 Å². The third-order valence-electron chi connectivity index (χ3n) is 6.01. The van der Waals surface area contributed by atoms with E-state index in [1.807, 2.05) is 74.5 Å². The molecule has 0 spiro atoms. The number of anilines is 2. The fourth-order valence-electron chi connectivity index (χ4n) is 4.12. The maximum Gasteiger partial charge on any atom is 0.258 e. The van der Waals surface area contributed by atoms with Crippen molar-refractivity contribution in [3.63, 3.8) is 0 Å². The predicted molar refractivity (Wildman–Crippen MR) is 130 cm³/mol. The second kappa shape index (κ2) is 8.94. The van der Waals surface area contributed by atoms with Gasteiger partial charge < -0.3 is 14.7 Å². The summed E-state index contributed by atoms with van der Waals surface area (Å²) in [6, 6.07) is 22.9. The van der Waals surface area contributed by atoms with E-state index in [1.165, 1.54) is 0 Å². The molecule has 0 bridgehead atoms. The van der Waals surface area contributed by atoms with Crippen LogP contribution in [0.25, 0.3) is 22.8 Å². The predicted octanol–water partition coefficient (Wildman–Crippen LogP) is 5.01. The third kappa shape index (κ3) is 4.32. The molecule has 34 heavy (non-hydrogen) atoms. The largest absolute Gasteiger partial charge is 0.334 e. The average Bonchev–Trinajstić information content (AvgIpc) is 3.48. The first-order chi connectivity index (χ1) is 16.5. The van der Waals surface area contributed by atoms with Gasteiger partial charge in [-0.05, 0) is 43.7 Å². The molecule has 1 atom stereocenters. The van der Waals surface area contributed by atoms with E-state index in [-0.39, 0.29) is 18.2 Å². The maximum atomic E-state index is 12.9. The second-order valence-corrected chi connectivity index (χ2v) is 8.55. The number of nitrogens with one attached hydrogen (secondary N) is 1. The Balaban J connectivity index is 1.29. The van der Waals surface area contributed by atoms with E-state index in [0.717, 1.165) is 22.4 Å². The summed E-state index contributed by atoms with van der Waals surface area (Å²) in [5.74, 6) is 0.219. The molecule has 1 N–H and O–H groups in total. The van der Waals surface area contributed by atoms with E-state index in [0.29, 0.717) is 29.5 Å². The van der Waals surface area contributed by atoms with Gasteiger partial charge in [0.25, 0.3) is 5.89 Å². The first-order valence-electron chi connectivity index (χ1n) is 11.2. The smallest absolute Gasteiger partial charge is 0.258 e. The van der Waals surface area contributed by atoms with E-state index in [2.05, 4.69) is 15.5 Å². The Hall–Kier alpha value is -4.26. The zero-order chi connectivity index (χ0) is 23.7. The molecular formula is C27H24N4O3. The lowest BCUT2D eigenvalue weighted by Gasteiger charge is -2.19. The lowest BCUT2D eigenvalue weighted by Crippen LogP contribution is -2.28. The van der Waals surface area contributed by atoms with E-state index < -0.39 is 5.92 Å². The summed E-state index contributed by atoms with van der Waals surface area (Å²) in [6.07, 6.45) is 0.184. The van der Waals surface area contributed by atoms with Crippen LogP contribution in [0.3, 0.4) is 0 Å². The fourth-order valence-corrected chi connectivity index (χ4v) is 4.12. The highest BCUT2D eigenvalue weighted by Crippen LogP contribution is 2.29. The van der Waals surface area contributed by atoms with Gasteiger partial charge in [0.2, 0.25) is 17.6 Å². The van der Waals surface area contributed by atoms with Gasteiger partial charge in [-0.15, -0.1) is 0 Å². The van der Waals surface area contributed by atoms with Gasteiger partial charge in [0.1, 0.15) is 0 Å². The molecule has 5 rings (SSSR count). The number of amides is 2. The van der Waals surface area contributed by atoms with Crippen molar-refractivity contribution < 1.29 is 14.1 Å². The third-order valence-corrected chi connectivity index (χ3v) is 6.01. The van der Waals surface area contributed by atoms with Crippen LogP contribution >= 0.6 is 0 Å². The number of hydrogen-bond acceptors (Lipinski definition) is 5. The Labute approximate surface area is 197 Å². The fraction of sp³-hybridized carbons (Fsp3) is 0.185. The minimum Gasteiger partial charge on any atom is -0.334 e. The SMILES string of the molecule is Cc1ccc(-c2noc(-c3cccc(NC(=O)[C@@H]4CC(=O)N(c5ccccc5C)C4)c3)n2)cc1. The molecule has 1 aliphatic heterocycles. The molecule has 2 amide bonds. The zero-order valence-electron chi connectivity index (χ0n) is 19.0. The van der Waals surface area contributed by atoms with E-state index >= 15 is 0 Å². The van der Waals surface area contributed by atoms with Crippen molar-refractivity contribution in [3.8, 4) is 22.8 Å². The molecule has 4 aromatic rings.